The molecule has 2 rings (SSSR count). The number of aryl methyl sites for hydroxylation is 1. The van der Waals surface area contributed by atoms with E-state index in [0.29, 0.717) is 12.2 Å². The van der Waals surface area contributed by atoms with Crippen LogP contribution in [0.4, 0.5) is 0 Å². The van der Waals surface area contributed by atoms with Crippen LogP contribution in [-0.2, 0) is 4.79 Å². The van der Waals surface area contributed by atoms with Crippen LogP contribution in [0.5, 0.6) is 5.75 Å². The summed E-state index contributed by atoms with van der Waals surface area (Å²) in [4.78, 5) is 11.5. The lowest BCUT2D eigenvalue weighted by atomic mass is 9.99. The Kier molecular flexibility index (Phi) is 3.78. The highest BCUT2D eigenvalue weighted by atomic mass is 16.5. The van der Waals surface area contributed by atoms with Crippen LogP contribution in [0.3, 0.4) is 0 Å². The Bertz CT molecular complexity index is 544. The first-order valence-corrected chi connectivity index (χ1v) is 6.08. The van der Waals surface area contributed by atoms with E-state index < -0.39 is 0 Å². The molecule has 0 spiro atoms. The van der Waals surface area contributed by atoms with Gasteiger partial charge in [-0.2, -0.15) is 0 Å². The zero-order valence-electron chi connectivity index (χ0n) is 10.6. The third-order valence-electron chi connectivity index (χ3n) is 2.81. The lowest BCUT2D eigenvalue weighted by molar-refractivity contribution is -0.133. The van der Waals surface area contributed by atoms with Gasteiger partial charge in [0.1, 0.15) is 5.75 Å². The molecule has 0 atom stereocenters. The van der Waals surface area contributed by atoms with E-state index in [2.05, 4.69) is 0 Å². The van der Waals surface area contributed by atoms with Gasteiger partial charge in [0.15, 0.2) is 0 Å². The van der Waals surface area contributed by atoms with Crippen LogP contribution in [0, 0.1) is 6.92 Å². The summed E-state index contributed by atoms with van der Waals surface area (Å²) >= 11 is 0. The van der Waals surface area contributed by atoms with Gasteiger partial charge in [-0.05, 0) is 24.1 Å². The molecule has 2 aromatic rings. The van der Waals surface area contributed by atoms with E-state index in [1.807, 2.05) is 55.5 Å². The first-order chi connectivity index (χ1) is 8.72. The Morgan fingerprint density at radius 2 is 1.78 bits per heavy atom. The number of ether oxygens (including phenoxy) is 1. The van der Waals surface area contributed by atoms with E-state index >= 15 is 0 Å². The van der Waals surface area contributed by atoms with E-state index in [9.17, 15) is 4.79 Å². The third-order valence-corrected chi connectivity index (χ3v) is 2.81. The van der Waals surface area contributed by atoms with Crippen molar-refractivity contribution in [2.45, 2.75) is 20.3 Å². The summed E-state index contributed by atoms with van der Waals surface area (Å²) in [6.45, 7) is 3.81. The van der Waals surface area contributed by atoms with E-state index in [-0.39, 0.29) is 5.97 Å². The van der Waals surface area contributed by atoms with Crippen molar-refractivity contribution in [3.63, 3.8) is 0 Å². The Balaban J connectivity index is 2.48. The van der Waals surface area contributed by atoms with Crippen molar-refractivity contribution in [1.29, 1.82) is 0 Å². The minimum Gasteiger partial charge on any atom is -0.426 e. The van der Waals surface area contributed by atoms with Crippen molar-refractivity contribution in [1.82, 2.24) is 0 Å². The average molecular weight is 240 g/mol. The normalized spacial score (nSPS) is 10.1. The molecule has 0 aliphatic carbocycles. The second kappa shape index (κ2) is 5.50. The number of hydrogen-bond acceptors (Lipinski definition) is 2. The van der Waals surface area contributed by atoms with Crippen LogP contribution in [0.25, 0.3) is 11.1 Å². The molecule has 92 valence electrons. The minimum atomic E-state index is -0.210. The zero-order valence-corrected chi connectivity index (χ0v) is 10.6. The number of hydrogen-bond donors (Lipinski definition) is 0. The van der Waals surface area contributed by atoms with Crippen LogP contribution in [-0.4, -0.2) is 5.97 Å². The minimum absolute atomic E-state index is 0.210. The predicted octanol–water partition coefficient (Wildman–Crippen LogP) is 3.98. The SMILES string of the molecule is CCC(=O)Oc1cccc(C)c1-c1ccccc1. The van der Waals surface area contributed by atoms with Crippen molar-refractivity contribution < 1.29 is 9.53 Å². The van der Waals surface area contributed by atoms with Gasteiger partial charge in [0.25, 0.3) is 0 Å². The van der Waals surface area contributed by atoms with Gasteiger partial charge < -0.3 is 4.74 Å². The summed E-state index contributed by atoms with van der Waals surface area (Å²) in [7, 11) is 0. The topological polar surface area (TPSA) is 26.3 Å². The van der Waals surface area contributed by atoms with Crippen molar-refractivity contribution in [3.05, 3.63) is 54.1 Å². The molecule has 0 N–H and O–H groups in total. The van der Waals surface area contributed by atoms with Crippen molar-refractivity contribution in [3.8, 4) is 16.9 Å². The van der Waals surface area contributed by atoms with Crippen molar-refractivity contribution in [2.24, 2.45) is 0 Å². The number of carbonyl (C=O) groups is 1. The summed E-state index contributed by atoms with van der Waals surface area (Å²) in [5, 5.41) is 0. The Hall–Kier alpha value is -2.09. The number of esters is 1. The predicted molar refractivity (Wildman–Crippen MR) is 72.5 cm³/mol. The van der Waals surface area contributed by atoms with E-state index in [1.165, 1.54) is 0 Å². The van der Waals surface area contributed by atoms with E-state index in [1.54, 1.807) is 6.92 Å². The lowest BCUT2D eigenvalue weighted by Crippen LogP contribution is -2.06. The molecule has 0 saturated carbocycles. The van der Waals surface area contributed by atoms with E-state index in [0.717, 1.165) is 16.7 Å². The first-order valence-electron chi connectivity index (χ1n) is 6.08. The van der Waals surface area contributed by atoms with Gasteiger partial charge in [-0.1, -0.05) is 49.4 Å². The number of rotatable bonds is 3. The molecule has 0 saturated heterocycles. The maximum absolute atomic E-state index is 11.5. The van der Waals surface area contributed by atoms with Gasteiger partial charge in [0.2, 0.25) is 0 Å². The smallest absolute Gasteiger partial charge is 0.310 e. The van der Waals surface area contributed by atoms with Gasteiger partial charge in [-0.25, -0.2) is 0 Å². The quantitative estimate of drug-likeness (QED) is 0.599. The fourth-order valence-corrected chi connectivity index (χ4v) is 1.90. The summed E-state index contributed by atoms with van der Waals surface area (Å²) in [6, 6.07) is 15.7. The van der Waals surface area contributed by atoms with Gasteiger partial charge in [-0.3, -0.25) is 4.79 Å². The molecule has 0 unspecified atom stereocenters. The molecule has 0 aliphatic rings. The van der Waals surface area contributed by atoms with Gasteiger partial charge in [0.05, 0.1) is 0 Å². The highest BCUT2D eigenvalue weighted by Crippen LogP contribution is 2.33. The zero-order chi connectivity index (χ0) is 13.0. The van der Waals surface area contributed by atoms with Gasteiger partial charge in [-0.15, -0.1) is 0 Å². The molecule has 2 nitrogen and oxygen atoms in total. The monoisotopic (exact) mass is 240 g/mol. The second-order valence-electron chi connectivity index (χ2n) is 4.14. The molecule has 2 heteroatoms. The number of benzene rings is 2. The molecule has 0 fully saturated rings. The Labute approximate surface area is 107 Å². The summed E-state index contributed by atoms with van der Waals surface area (Å²) in [5.74, 6) is 0.422. The number of carbonyl (C=O) groups excluding carboxylic acids is 1. The Morgan fingerprint density at radius 3 is 2.44 bits per heavy atom. The lowest BCUT2D eigenvalue weighted by Gasteiger charge is -2.12. The molecule has 0 aromatic heterocycles. The van der Waals surface area contributed by atoms with Crippen LogP contribution < -0.4 is 4.74 Å². The molecule has 0 heterocycles. The van der Waals surface area contributed by atoms with Crippen LogP contribution >= 0.6 is 0 Å². The first kappa shape index (κ1) is 12.4. The van der Waals surface area contributed by atoms with Crippen LogP contribution in [0.15, 0.2) is 48.5 Å². The largest absolute Gasteiger partial charge is 0.426 e. The molecule has 2 aromatic carbocycles. The van der Waals surface area contributed by atoms with Crippen molar-refractivity contribution >= 4 is 5.97 Å². The van der Waals surface area contributed by atoms with Gasteiger partial charge in [0, 0.05) is 12.0 Å². The molecular formula is C16H16O2. The third kappa shape index (κ3) is 2.59. The maximum atomic E-state index is 11.5. The second-order valence-corrected chi connectivity index (χ2v) is 4.14. The summed E-state index contributed by atoms with van der Waals surface area (Å²) < 4.78 is 5.39. The molecular weight excluding hydrogens is 224 g/mol. The highest BCUT2D eigenvalue weighted by molar-refractivity contribution is 5.79. The molecule has 18 heavy (non-hydrogen) atoms. The fourth-order valence-electron chi connectivity index (χ4n) is 1.90. The molecule has 0 aliphatic heterocycles. The van der Waals surface area contributed by atoms with Crippen LogP contribution in [0.2, 0.25) is 0 Å². The molecule has 0 radical (unpaired) electrons. The van der Waals surface area contributed by atoms with E-state index in [4.69, 9.17) is 4.74 Å². The van der Waals surface area contributed by atoms with Crippen LogP contribution in [0.1, 0.15) is 18.9 Å². The molecule has 0 bridgehead atoms. The van der Waals surface area contributed by atoms with Gasteiger partial charge >= 0.3 is 5.97 Å². The average Bonchev–Trinajstić information content (AvgIpc) is 2.40. The van der Waals surface area contributed by atoms with Crippen molar-refractivity contribution in [2.75, 3.05) is 0 Å². The fraction of sp³-hybridized carbons (Fsp3) is 0.188. The molecule has 0 amide bonds. The summed E-state index contributed by atoms with van der Waals surface area (Å²) in [5.41, 5.74) is 3.15. The Morgan fingerprint density at radius 1 is 1.06 bits per heavy atom. The maximum Gasteiger partial charge on any atom is 0.310 e. The summed E-state index contributed by atoms with van der Waals surface area (Å²) in [6.07, 6.45) is 0.377. The highest BCUT2D eigenvalue weighted by Gasteiger charge is 2.11. The standard InChI is InChI=1S/C16H16O2/c1-3-15(17)18-14-11-7-8-12(2)16(14)13-9-5-4-6-10-13/h4-11H,3H2,1-2H3.